The summed E-state index contributed by atoms with van der Waals surface area (Å²) in [4.78, 5) is 26.9. The molecule has 0 bridgehead atoms. The molecule has 0 radical (unpaired) electrons. The molecule has 0 aromatic heterocycles. The van der Waals surface area contributed by atoms with Crippen molar-refractivity contribution in [3.05, 3.63) is 12.7 Å². The van der Waals surface area contributed by atoms with Crippen LogP contribution in [-0.2, 0) is 9.36 Å². The molecule has 0 heterocycles. The molecular formula is C8H18NO4P. The highest BCUT2D eigenvalue weighted by Crippen LogP contribution is 2.09. The van der Waals surface area contributed by atoms with Crippen LogP contribution in [0.4, 0.5) is 0 Å². The lowest BCUT2D eigenvalue weighted by Gasteiger charge is -2.30. The first-order valence-electron chi connectivity index (χ1n) is 3.95. The van der Waals surface area contributed by atoms with Gasteiger partial charge in [0.1, 0.15) is 0 Å². The van der Waals surface area contributed by atoms with E-state index in [0.717, 1.165) is 0 Å². The first-order chi connectivity index (χ1) is 6.12. The third-order valence-corrected chi connectivity index (χ3v) is 1.51. The summed E-state index contributed by atoms with van der Waals surface area (Å²) in [6.07, 6.45) is 1.32. The Morgan fingerprint density at radius 1 is 1.43 bits per heavy atom. The van der Waals surface area contributed by atoms with Crippen LogP contribution in [0, 0.1) is 0 Å². The zero-order valence-corrected chi connectivity index (χ0v) is 9.94. The molecule has 0 rings (SSSR count). The maximum atomic E-state index is 11.0. The first-order valence-corrected chi connectivity index (χ1v) is 5.25. The van der Waals surface area contributed by atoms with Gasteiger partial charge in [-0.1, -0.05) is 6.58 Å². The lowest BCUT2D eigenvalue weighted by atomic mass is 10.1. The van der Waals surface area contributed by atoms with Crippen molar-refractivity contribution in [2.24, 2.45) is 0 Å². The van der Waals surface area contributed by atoms with Crippen LogP contribution < -0.4 is 0 Å². The topological polar surface area (TPSA) is 77.8 Å². The molecule has 0 saturated heterocycles. The van der Waals surface area contributed by atoms with Gasteiger partial charge in [-0.2, -0.15) is 0 Å². The smallest absolute Gasteiger partial charge is 0.314 e. The zero-order valence-electron chi connectivity index (χ0n) is 8.94. The van der Waals surface area contributed by atoms with E-state index in [2.05, 4.69) is 6.58 Å². The van der Waals surface area contributed by atoms with Gasteiger partial charge in [0.25, 0.3) is 0 Å². The molecule has 0 aliphatic heterocycles. The Kier molecular flexibility index (Phi) is 7.64. The van der Waals surface area contributed by atoms with Gasteiger partial charge in [-0.25, -0.2) is 0 Å². The van der Waals surface area contributed by atoms with Crippen LogP contribution >= 0.6 is 8.25 Å². The van der Waals surface area contributed by atoms with E-state index in [1.54, 1.807) is 11.9 Å². The van der Waals surface area contributed by atoms with Gasteiger partial charge in [0.2, 0.25) is 5.91 Å². The lowest BCUT2D eigenvalue weighted by Crippen LogP contribution is -2.41. The van der Waals surface area contributed by atoms with E-state index in [1.807, 2.05) is 20.8 Å². The second-order valence-corrected chi connectivity index (χ2v) is 4.12. The number of carbonyl (C=O) groups is 1. The molecule has 84 valence electrons. The Hall–Kier alpha value is -0.640. The van der Waals surface area contributed by atoms with Gasteiger partial charge in [-0.15, -0.1) is 0 Å². The van der Waals surface area contributed by atoms with Crippen molar-refractivity contribution in [1.29, 1.82) is 0 Å². The molecule has 0 unspecified atom stereocenters. The quantitative estimate of drug-likeness (QED) is 0.509. The lowest BCUT2D eigenvalue weighted by molar-refractivity contribution is -0.128. The van der Waals surface area contributed by atoms with E-state index in [0.29, 0.717) is 0 Å². The van der Waals surface area contributed by atoms with E-state index in [1.165, 1.54) is 6.08 Å². The third-order valence-electron chi connectivity index (χ3n) is 1.51. The molecule has 0 saturated carbocycles. The van der Waals surface area contributed by atoms with Crippen molar-refractivity contribution < 1.29 is 19.1 Å². The van der Waals surface area contributed by atoms with Gasteiger partial charge in [0, 0.05) is 12.6 Å². The van der Waals surface area contributed by atoms with Crippen LogP contribution in [0.3, 0.4) is 0 Å². The Morgan fingerprint density at radius 2 is 1.71 bits per heavy atom. The Labute approximate surface area is 85.0 Å². The third kappa shape index (κ3) is 9.45. The van der Waals surface area contributed by atoms with Gasteiger partial charge in [0.05, 0.1) is 0 Å². The van der Waals surface area contributed by atoms with Crippen LogP contribution in [0.2, 0.25) is 0 Å². The molecular weight excluding hydrogens is 205 g/mol. The number of nitrogens with zero attached hydrogens (tertiary/aromatic N) is 1. The number of rotatable bonds is 1. The van der Waals surface area contributed by atoms with Gasteiger partial charge < -0.3 is 14.7 Å². The fourth-order valence-corrected chi connectivity index (χ4v) is 0.468. The number of hydrogen-bond donors (Lipinski definition) is 2. The van der Waals surface area contributed by atoms with Crippen molar-refractivity contribution in [2.45, 2.75) is 26.3 Å². The van der Waals surface area contributed by atoms with E-state index in [-0.39, 0.29) is 11.4 Å². The van der Waals surface area contributed by atoms with Crippen LogP contribution in [0.15, 0.2) is 12.7 Å². The molecule has 0 aliphatic carbocycles. The largest absolute Gasteiger partial charge is 0.337 e. The fourth-order valence-electron chi connectivity index (χ4n) is 0.468. The molecule has 2 N–H and O–H groups in total. The van der Waals surface area contributed by atoms with E-state index in [4.69, 9.17) is 14.4 Å². The zero-order chi connectivity index (χ0) is 11.9. The molecule has 0 aromatic carbocycles. The Morgan fingerprint density at radius 3 is 1.79 bits per heavy atom. The average Bonchev–Trinajstić information content (AvgIpc) is 1.99. The normalized spacial score (nSPS) is 10.2. The second-order valence-electron chi connectivity index (χ2n) is 3.55. The van der Waals surface area contributed by atoms with Gasteiger partial charge in [-0.05, 0) is 26.8 Å². The molecule has 14 heavy (non-hydrogen) atoms. The highest BCUT2D eigenvalue weighted by molar-refractivity contribution is 7.30. The summed E-state index contributed by atoms with van der Waals surface area (Å²) >= 11 is 0. The maximum absolute atomic E-state index is 11.0. The minimum atomic E-state index is -3.13. The van der Waals surface area contributed by atoms with Gasteiger partial charge in [0.15, 0.2) is 0 Å². The minimum Gasteiger partial charge on any atom is -0.337 e. The molecule has 1 amide bonds. The van der Waals surface area contributed by atoms with Crippen LogP contribution in [-0.4, -0.2) is 33.2 Å². The van der Waals surface area contributed by atoms with Crippen LogP contribution in [0.5, 0.6) is 0 Å². The summed E-state index contributed by atoms with van der Waals surface area (Å²) in [5, 5.41) is 0. The number of likely N-dealkylation sites (N-methyl/N-ethyl adjacent to an activating group) is 1. The van der Waals surface area contributed by atoms with Gasteiger partial charge in [-0.3, -0.25) is 9.36 Å². The molecule has 0 atom stereocenters. The van der Waals surface area contributed by atoms with Crippen molar-refractivity contribution in [3.63, 3.8) is 0 Å². The SMILES string of the molecule is C=CC(=O)N(C)C(C)(C)C.O=[PH](O)O. The van der Waals surface area contributed by atoms with Crippen molar-refractivity contribution in [3.8, 4) is 0 Å². The van der Waals surface area contributed by atoms with Gasteiger partial charge >= 0.3 is 8.25 Å². The monoisotopic (exact) mass is 223 g/mol. The summed E-state index contributed by atoms with van der Waals surface area (Å²) in [6, 6.07) is 0. The highest BCUT2D eigenvalue weighted by atomic mass is 31.1. The molecule has 5 nitrogen and oxygen atoms in total. The van der Waals surface area contributed by atoms with E-state index < -0.39 is 8.25 Å². The maximum Gasteiger partial charge on any atom is 0.314 e. The van der Waals surface area contributed by atoms with Crippen LogP contribution in [0.25, 0.3) is 0 Å². The standard InChI is InChI=1S/C8H15NO.H3O3P/c1-6-7(10)9(5)8(2,3)4;1-4(2)3/h6H,1H2,2-5H3;4H,(H2,1,2,3). The average molecular weight is 223 g/mol. The predicted octanol–water partition coefficient (Wildman–Crippen LogP) is 0.790. The number of amides is 1. The summed E-state index contributed by atoms with van der Waals surface area (Å²) in [5.74, 6) is -0.0347. The highest BCUT2D eigenvalue weighted by Gasteiger charge is 2.19. The summed E-state index contributed by atoms with van der Waals surface area (Å²) in [7, 11) is -1.36. The molecule has 0 aromatic rings. The summed E-state index contributed by atoms with van der Waals surface area (Å²) < 4.78 is 8.74. The predicted molar refractivity (Wildman–Crippen MR) is 56.2 cm³/mol. The molecule has 0 fully saturated rings. The van der Waals surface area contributed by atoms with E-state index >= 15 is 0 Å². The number of carbonyl (C=O) groups excluding carboxylic acids is 1. The molecule has 0 aliphatic rings. The summed E-state index contributed by atoms with van der Waals surface area (Å²) in [5.41, 5.74) is -0.106. The first kappa shape index (κ1) is 15.8. The molecule has 6 heteroatoms. The molecule has 0 spiro atoms. The fraction of sp³-hybridized carbons (Fsp3) is 0.625. The minimum absolute atomic E-state index is 0.0347. The van der Waals surface area contributed by atoms with Crippen molar-refractivity contribution in [1.82, 2.24) is 4.90 Å². The number of hydrogen-bond acceptors (Lipinski definition) is 2. The Bertz CT molecular complexity index is 218. The van der Waals surface area contributed by atoms with Crippen molar-refractivity contribution >= 4 is 14.2 Å². The second kappa shape index (κ2) is 6.76. The Balaban J connectivity index is 0. The summed E-state index contributed by atoms with van der Waals surface area (Å²) in [6.45, 7) is 9.35. The van der Waals surface area contributed by atoms with E-state index in [9.17, 15) is 4.79 Å². The van der Waals surface area contributed by atoms with Crippen molar-refractivity contribution in [2.75, 3.05) is 7.05 Å². The van der Waals surface area contributed by atoms with Crippen LogP contribution in [0.1, 0.15) is 20.8 Å².